The van der Waals surface area contributed by atoms with E-state index >= 15 is 0 Å². The monoisotopic (exact) mass is 269 g/mol. The molecule has 1 aliphatic heterocycles. The molecule has 1 saturated heterocycles. The minimum atomic E-state index is 0.569. The van der Waals surface area contributed by atoms with Gasteiger partial charge in [0.2, 0.25) is 0 Å². The quantitative estimate of drug-likeness (QED) is 0.756. The van der Waals surface area contributed by atoms with Crippen molar-refractivity contribution in [2.24, 2.45) is 5.73 Å². The topological polar surface area (TPSA) is 41.7 Å². The molecule has 112 valence electrons. The average molecular weight is 269 g/mol. The first kappa shape index (κ1) is 15.2. The van der Waals surface area contributed by atoms with Crippen molar-refractivity contribution in [3.63, 3.8) is 0 Å². The van der Waals surface area contributed by atoms with Crippen molar-refractivity contribution < 1.29 is 4.74 Å². The Balaban J connectivity index is 1.76. The summed E-state index contributed by atoms with van der Waals surface area (Å²) in [5.74, 6) is 0. The molecule has 2 N–H and O–H groups in total. The van der Waals surface area contributed by atoms with Gasteiger partial charge in [-0.2, -0.15) is 0 Å². The Morgan fingerprint density at radius 2 is 1.84 bits per heavy atom. The van der Waals surface area contributed by atoms with E-state index in [0.717, 1.165) is 25.6 Å². The second kappa shape index (κ2) is 8.20. The van der Waals surface area contributed by atoms with Crippen LogP contribution < -0.4 is 5.73 Å². The molecule has 0 amide bonds. The molecule has 2 rings (SSSR count). The van der Waals surface area contributed by atoms with Crippen molar-refractivity contribution in [1.29, 1.82) is 0 Å². The van der Waals surface area contributed by atoms with Crippen LogP contribution in [-0.2, 0) is 4.74 Å². The van der Waals surface area contributed by atoms with Crippen molar-refractivity contribution in [1.82, 2.24) is 9.80 Å². The van der Waals surface area contributed by atoms with E-state index in [9.17, 15) is 0 Å². The van der Waals surface area contributed by atoms with Gasteiger partial charge < -0.3 is 10.5 Å². The Bertz CT molecular complexity index is 236. The van der Waals surface area contributed by atoms with Crippen LogP contribution in [0.2, 0.25) is 0 Å². The minimum Gasteiger partial charge on any atom is -0.383 e. The first-order chi connectivity index (χ1) is 9.35. The molecule has 1 aliphatic carbocycles. The summed E-state index contributed by atoms with van der Waals surface area (Å²) in [6.07, 6.45) is 8.01. The number of rotatable bonds is 7. The van der Waals surface area contributed by atoms with E-state index in [-0.39, 0.29) is 0 Å². The number of nitrogens with zero attached hydrogens (tertiary/aromatic N) is 2. The number of hydrogen-bond acceptors (Lipinski definition) is 4. The minimum absolute atomic E-state index is 0.569. The summed E-state index contributed by atoms with van der Waals surface area (Å²) < 4.78 is 5.38. The van der Waals surface area contributed by atoms with Crippen molar-refractivity contribution >= 4 is 0 Å². The predicted octanol–water partition coefficient (Wildman–Crippen LogP) is 1.30. The maximum Gasteiger partial charge on any atom is 0.0618 e. The highest BCUT2D eigenvalue weighted by atomic mass is 16.5. The van der Waals surface area contributed by atoms with E-state index in [0.29, 0.717) is 6.04 Å². The summed E-state index contributed by atoms with van der Waals surface area (Å²) in [6, 6.07) is 1.45. The normalized spacial score (nSPS) is 24.9. The van der Waals surface area contributed by atoms with Crippen LogP contribution in [0.5, 0.6) is 0 Å². The summed E-state index contributed by atoms with van der Waals surface area (Å²) in [7, 11) is 1.81. The SMILES string of the molecule is COCC(CCCN)N1CCN(C2CCCC2)CC1. The van der Waals surface area contributed by atoms with Gasteiger partial charge in [0.15, 0.2) is 0 Å². The Kier molecular flexibility index (Phi) is 6.57. The van der Waals surface area contributed by atoms with Gasteiger partial charge in [-0.15, -0.1) is 0 Å². The lowest BCUT2D eigenvalue weighted by atomic mass is 10.1. The maximum atomic E-state index is 5.64. The largest absolute Gasteiger partial charge is 0.383 e. The van der Waals surface area contributed by atoms with Gasteiger partial charge in [-0.25, -0.2) is 0 Å². The van der Waals surface area contributed by atoms with E-state index in [2.05, 4.69) is 9.80 Å². The second-order valence-electron chi connectivity index (χ2n) is 6.05. The van der Waals surface area contributed by atoms with Gasteiger partial charge in [-0.1, -0.05) is 12.8 Å². The lowest BCUT2D eigenvalue weighted by Gasteiger charge is -2.41. The van der Waals surface area contributed by atoms with Crippen LogP contribution >= 0.6 is 0 Å². The number of nitrogens with two attached hydrogens (primary N) is 1. The Labute approximate surface area is 118 Å². The van der Waals surface area contributed by atoms with Crippen LogP contribution in [-0.4, -0.2) is 68.3 Å². The third kappa shape index (κ3) is 4.42. The molecule has 0 aromatic rings. The fourth-order valence-corrected chi connectivity index (χ4v) is 3.65. The fraction of sp³-hybridized carbons (Fsp3) is 1.00. The molecule has 4 nitrogen and oxygen atoms in total. The van der Waals surface area contributed by atoms with E-state index in [4.69, 9.17) is 10.5 Å². The van der Waals surface area contributed by atoms with Crippen molar-refractivity contribution in [3.05, 3.63) is 0 Å². The molecular weight excluding hydrogens is 238 g/mol. The van der Waals surface area contributed by atoms with Crippen molar-refractivity contribution in [3.8, 4) is 0 Å². The van der Waals surface area contributed by atoms with Crippen LogP contribution in [0.15, 0.2) is 0 Å². The van der Waals surface area contributed by atoms with Gasteiger partial charge in [-0.05, 0) is 32.2 Å². The molecule has 1 heterocycles. The zero-order valence-corrected chi connectivity index (χ0v) is 12.5. The number of hydrogen-bond donors (Lipinski definition) is 1. The fourth-order valence-electron chi connectivity index (χ4n) is 3.65. The van der Waals surface area contributed by atoms with Gasteiger partial charge in [0.25, 0.3) is 0 Å². The lowest BCUT2D eigenvalue weighted by molar-refractivity contribution is 0.0326. The highest BCUT2D eigenvalue weighted by molar-refractivity contribution is 4.84. The third-order valence-corrected chi connectivity index (χ3v) is 4.81. The van der Waals surface area contributed by atoms with Gasteiger partial charge in [0.1, 0.15) is 0 Å². The number of piperazine rings is 1. The highest BCUT2D eigenvalue weighted by Gasteiger charge is 2.28. The molecule has 2 fully saturated rings. The lowest BCUT2D eigenvalue weighted by Crippen LogP contribution is -2.53. The molecule has 1 unspecified atom stereocenters. The molecule has 2 aliphatic rings. The van der Waals surface area contributed by atoms with Crippen LogP contribution in [0.4, 0.5) is 0 Å². The van der Waals surface area contributed by atoms with Gasteiger partial charge in [0.05, 0.1) is 6.61 Å². The number of ether oxygens (including phenoxy) is 1. The molecule has 0 aromatic carbocycles. The summed E-state index contributed by atoms with van der Waals surface area (Å²) >= 11 is 0. The molecule has 0 spiro atoms. The Morgan fingerprint density at radius 1 is 1.16 bits per heavy atom. The van der Waals surface area contributed by atoms with Crippen LogP contribution in [0.1, 0.15) is 38.5 Å². The summed E-state index contributed by atoms with van der Waals surface area (Å²) in [4.78, 5) is 5.33. The average Bonchev–Trinajstić information content (AvgIpc) is 2.98. The van der Waals surface area contributed by atoms with Crippen LogP contribution in [0.3, 0.4) is 0 Å². The van der Waals surface area contributed by atoms with Crippen LogP contribution in [0, 0.1) is 0 Å². The summed E-state index contributed by atoms with van der Waals surface area (Å²) in [5.41, 5.74) is 5.64. The van der Waals surface area contributed by atoms with Crippen LogP contribution in [0.25, 0.3) is 0 Å². The van der Waals surface area contributed by atoms with Gasteiger partial charge in [0, 0.05) is 45.4 Å². The van der Waals surface area contributed by atoms with Gasteiger partial charge in [-0.3, -0.25) is 9.80 Å². The van der Waals surface area contributed by atoms with Crippen molar-refractivity contribution in [2.75, 3.05) is 46.4 Å². The third-order valence-electron chi connectivity index (χ3n) is 4.81. The second-order valence-corrected chi connectivity index (χ2v) is 6.05. The first-order valence-electron chi connectivity index (χ1n) is 8.02. The summed E-state index contributed by atoms with van der Waals surface area (Å²) in [6.45, 7) is 6.54. The van der Waals surface area contributed by atoms with Gasteiger partial charge >= 0.3 is 0 Å². The van der Waals surface area contributed by atoms with E-state index in [1.54, 1.807) is 0 Å². The molecule has 0 aromatic heterocycles. The summed E-state index contributed by atoms with van der Waals surface area (Å²) in [5, 5.41) is 0. The standard InChI is InChI=1S/C15H31N3O/c1-19-13-15(7-4-8-16)18-11-9-17(10-12-18)14-5-2-3-6-14/h14-15H,2-13,16H2,1H3. The zero-order chi connectivity index (χ0) is 13.5. The molecule has 1 saturated carbocycles. The molecule has 0 radical (unpaired) electrons. The van der Waals surface area contributed by atoms with E-state index in [1.807, 2.05) is 7.11 Å². The molecular formula is C15H31N3O. The molecule has 1 atom stereocenters. The molecule has 19 heavy (non-hydrogen) atoms. The number of methoxy groups -OCH3 is 1. The zero-order valence-electron chi connectivity index (χ0n) is 12.5. The van der Waals surface area contributed by atoms with E-state index < -0.39 is 0 Å². The molecule has 0 bridgehead atoms. The maximum absolute atomic E-state index is 5.64. The van der Waals surface area contributed by atoms with Crippen molar-refractivity contribution in [2.45, 2.75) is 50.6 Å². The molecule has 4 heteroatoms. The highest BCUT2D eigenvalue weighted by Crippen LogP contribution is 2.24. The Morgan fingerprint density at radius 3 is 2.42 bits per heavy atom. The first-order valence-corrected chi connectivity index (χ1v) is 8.02. The smallest absolute Gasteiger partial charge is 0.0618 e. The predicted molar refractivity (Wildman–Crippen MR) is 79.4 cm³/mol. The van der Waals surface area contributed by atoms with E-state index in [1.165, 1.54) is 58.3 Å². The Hall–Kier alpha value is -0.160.